The molecule has 1 N–H and O–H groups in total. The van der Waals surface area contributed by atoms with Crippen LogP contribution in [-0.2, 0) is 9.71 Å². The van der Waals surface area contributed by atoms with Gasteiger partial charge in [-0.1, -0.05) is 0 Å². The Labute approximate surface area is 96.3 Å². The van der Waals surface area contributed by atoms with Crippen molar-refractivity contribution in [2.75, 3.05) is 19.3 Å². The highest BCUT2D eigenvalue weighted by Crippen LogP contribution is 2.28. The van der Waals surface area contributed by atoms with E-state index in [9.17, 15) is 13.0 Å². The molecule has 1 heterocycles. The van der Waals surface area contributed by atoms with E-state index in [2.05, 4.69) is 10.6 Å². The lowest BCUT2D eigenvalue weighted by Crippen LogP contribution is -2.59. The first kappa shape index (κ1) is 13.9. The second kappa shape index (κ2) is 4.58. The summed E-state index contributed by atoms with van der Waals surface area (Å²) in [6.07, 6.45) is 1.64. The van der Waals surface area contributed by atoms with Crippen molar-refractivity contribution in [3.8, 4) is 0 Å². The number of likely N-dealkylation sites (tertiary alicyclic amines) is 1. The number of alkyl halides is 2. The first-order valence-electron chi connectivity index (χ1n) is 5.33. The average molecular weight is 254 g/mol. The maximum atomic E-state index is 13.8. The van der Waals surface area contributed by atoms with Gasteiger partial charge >= 0.3 is 0 Å². The van der Waals surface area contributed by atoms with Gasteiger partial charge in [-0.15, -0.1) is 0 Å². The topological polar surface area (TPSA) is 32.3 Å². The van der Waals surface area contributed by atoms with E-state index in [4.69, 9.17) is 0 Å². The number of nitrogens with one attached hydrogen (secondary N) is 1. The molecule has 2 unspecified atom stereocenters. The van der Waals surface area contributed by atoms with Crippen LogP contribution in [-0.4, -0.2) is 52.3 Å². The van der Waals surface area contributed by atoms with Gasteiger partial charge in [-0.2, -0.15) is 0 Å². The fourth-order valence-electron chi connectivity index (χ4n) is 1.85. The highest BCUT2D eigenvalue weighted by atomic mass is 32.2. The second-order valence-electron chi connectivity index (χ2n) is 4.79. The third-order valence-corrected chi connectivity index (χ3v) is 3.53. The Balaban J connectivity index is 2.71. The predicted octanol–water partition coefficient (Wildman–Crippen LogP) is 0.955. The Bertz CT molecular complexity index is 341. The smallest absolute Gasteiger partial charge is 0.276 e. The van der Waals surface area contributed by atoms with Crippen LogP contribution >= 0.6 is 0 Å². The minimum atomic E-state index is -2.85. The molecule has 6 heteroatoms. The zero-order chi connectivity index (χ0) is 12.6. The average Bonchev–Trinajstić information content (AvgIpc) is 2.05. The van der Waals surface area contributed by atoms with Crippen molar-refractivity contribution in [2.24, 2.45) is 0 Å². The van der Waals surface area contributed by atoms with Crippen LogP contribution in [0.3, 0.4) is 0 Å². The number of rotatable bonds is 3. The molecule has 0 amide bonds. The molecule has 0 aromatic heterocycles. The Morgan fingerprint density at radius 2 is 2.12 bits per heavy atom. The van der Waals surface area contributed by atoms with E-state index in [0.717, 1.165) is 0 Å². The zero-order valence-electron chi connectivity index (χ0n) is 10.0. The van der Waals surface area contributed by atoms with E-state index < -0.39 is 21.7 Å². The third-order valence-electron chi connectivity index (χ3n) is 2.75. The SMILES string of the molecule is C=S(C)(=O)NC1CCN(C(C)C)CC1(F)F. The summed E-state index contributed by atoms with van der Waals surface area (Å²) in [6.45, 7) is 4.11. The van der Waals surface area contributed by atoms with Crippen molar-refractivity contribution in [3.05, 3.63) is 0 Å². The molecule has 16 heavy (non-hydrogen) atoms. The number of piperidine rings is 1. The molecule has 0 radical (unpaired) electrons. The lowest BCUT2D eigenvalue weighted by molar-refractivity contribution is -0.0907. The maximum Gasteiger partial charge on any atom is 0.276 e. The van der Waals surface area contributed by atoms with Gasteiger partial charge in [0.05, 0.1) is 12.6 Å². The summed E-state index contributed by atoms with van der Waals surface area (Å²) in [7, 11) is -2.58. The standard InChI is InChI=1S/C10H20F2N2OS/c1-8(2)14-6-5-9(10(11,12)7-14)13-16(3,4)15/h8-9H,3,5-7H2,1-2,4H3,(H,13,15). The molecule has 0 aliphatic carbocycles. The van der Waals surface area contributed by atoms with Crippen LogP contribution in [0, 0.1) is 0 Å². The summed E-state index contributed by atoms with van der Waals surface area (Å²) in [5.41, 5.74) is 0. The van der Waals surface area contributed by atoms with E-state index in [-0.39, 0.29) is 12.6 Å². The number of nitrogens with zero attached hydrogens (tertiary/aromatic N) is 1. The van der Waals surface area contributed by atoms with Crippen LogP contribution < -0.4 is 4.72 Å². The maximum absolute atomic E-state index is 13.8. The molecule has 0 bridgehead atoms. The van der Waals surface area contributed by atoms with E-state index in [0.29, 0.717) is 13.0 Å². The van der Waals surface area contributed by atoms with E-state index in [1.807, 2.05) is 13.8 Å². The molecule has 1 fully saturated rings. The van der Waals surface area contributed by atoms with Crippen molar-refractivity contribution in [1.29, 1.82) is 0 Å². The summed E-state index contributed by atoms with van der Waals surface area (Å²) in [4.78, 5) is 1.73. The summed E-state index contributed by atoms with van der Waals surface area (Å²) in [6, 6.07) is -0.921. The molecule has 1 aliphatic heterocycles. The Hall–Kier alpha value is -0.200. The highest BCUT2D eigenvalue weighted by molar-refractivity contribution is 7.97. The first-order chi connectivity index (χ1) is 7.12. The number of halogens is 2. The molecular weight excluding hydrogens is 234 g/mol. The van der Waals surface area contributed by atoms with Gasteiger partial charge in [-0.25, -0.2) is 13.5 Å². The highest BCUT2D eigenvalue weighted by Gasteiger charge is 2.45. The van der Waals surface area contributed by atoms with Gasteiger partial charge in [0.1, 0.15) is 0 Å². The minimum Gasteiger partial charge on any atom is -0.295 e. The Kier molecular flexibility index (Phi) is 3.97. The molecule has 3 nitrogen and oxygen atoms in total. The second-order valence-corrected chi connectivity index (χ2v) is 7.04. The number of hydrogen-bond acceptors (Lipinski definition) is 2. The monoisotopic (exact) mass is 254 g/mol. The normalized spacial score (nSPS) is 30.2. The molecule has 2 atom stereocenters. The van der Waals surface area contributed by atoms with Gasteiger partial charge in [-0.05, 0) is 26.1 Å². The van der Waals surface area contributed by atoms with E-state index in [1.165, 1.54) is 6.26 Å². The minimum absolute atomic E-state index is 0.109. The van der Waals surface area contributed by atoms with Crippen LogP contribution in [0.5, 0.6) is 0 Å². The van der Waals surface area contributed by atoms with Crippen molar-refractivity contribution in [3.63, 3.8) is 0 Å². The van der Waals surface area contributed by atoms with Gasteiger partial charge < -0.3 is 0 Å². The van der Waals surface area contributed by atoms with Gasteiger partial charge in [0.25, 0.3) is 5.92 Å². The molecule has 1 rings (SSSR count). The van der Waals surface area contributed by atoms with Crippen LogP contribution in [0.2, 0.25) is 0 Å². The van der Waals surface area contributed by atoms with E-state index in [1.54, 1.807) is 4.90 Å². The molecule has 96 valence electrons. The van der Waals surface area contributed by atoms with Crippen LogP contribution in [0.1, 0.15) is 20.3 Å². The Morgan fingerprint density at radius 1 is 1.56 bits per heavy atom. The number of hydrogen-bond donors (Lipinski definition) is 1. The fourth-order valence-corrected chi connectivity index (χ4v) is 2.75. The van der Waals surface area contributed by atoms with Crippen LogP contribution in [0.25, 0.3) is 0 Å². The first-order valence-corrected chi connectivity index (χ1v) is 7.47. The van der Waals surface area contributed by atoms with Gasteiger partial charge in [0, 0.05) is 28.6 Å². The molecular formula is C10H20F2N2OS. The van der Waals surface area contributed by atoms with Crippen molar-refractivity contribution in [1.82, 2.24) is 9.62 Å². The third kappa shape index (κ3) is 3.68. The van der Waals surface area contributed by atoms with Gasteiger partial charge in [-0.3, -0.25) is 9.11 Å². The van der Waals surface area contributed by atoms with Crippen molar-refractivity contribution in [2.45, 2.75) is 38.3 Å². The molecule has 0 spiro atoms. The predicted molar refractivity (Wildman–Crippen MR) is 64.4 cm³/mol. The van der Waals surface area contributed by atoms with Crippen LogP contribution in [0.4, 0.5) is 8.78 Å². The van der Waals surface area contributed by atoms with Gasteiger partial charge in [0.2, 0.25) is 0 Å². The van der Waals surface area contributed by atoms with Crippen LogP contribution in [0.15, 0.2) is 0 Å². The molecule has 0 aromatic carbocycles. The summed E-state index contributed by atoms with van der Waals surface area (Å²) >= 11 is 0. The van der Waals surface area contributed by atoms with E-state index >= 15 is 0 Å². The molecule has 1 aliphatic rings. The lowest BCUT2D eigenvalue weighted by atomic mass is 10.0. The summed E-state index contributed by atoms with van der Waals surface area (Å²) < 4.78 is 41.3. The fraction of sp³-hybridized carbons (Fsp3) is 0.900. The summed E-state index contributed by atoms with van der Waals surface area (Å²) in [5.74, 6) is 0.506. The van der Waals surface area contributed by atoms with Gasteiger partial charge in [0.15, 0.2) is 0 Å². The Morgan fingerprint density at radius 3 is 2.50 bits per heavy atom. The van der Waals surface area contributed by atoms with Crippen molar-refractivity contribution < 1.29 is 13.0 Å². The molecule has 0 aromatic rings. The quantitative estimate of drug-likeness (QED) is 0.761. The van der Waals surface area contributed by atoms with Crippen molar-refractivity contribution >= 4 is 15.6 Å². The lowest BCUT2D eigenvalue weighted by Gasteiger charge is -2.40. The molecule has 1 saturated heterocycles. The molecule has 0 saturated carbocycles. The summed E-state index contributed by atoms with van der Waals surface area (Å²) in [5, 5.41) is 0. The zero-order valence-corrected chi connectivity index (χ0v) is 10.8. The largest absolute Gasteiger partial charge is 0.295 e.